The van der Waals surface area contributed by atoms with E-state index in [-0.39, 0.29) is 0 Å². The summed E-state index contributed by atoms with van der Waals surface area (Å²) in [6.07, 6.45) is 1.13. The topological polar surface area (TPSA) is 24.1 Å². The zero-order valence-electron chi connectivity index (χ0n) is 10.2. The van der Waals surface area contributed by atoms with Crippen molar-refractivity contribution < 1.29 is 0 Å². The van der Waals surface area contributed by atoms with E-state index >= 15 is 0 Å². The largest absolute Gasteiger partial charge is 0.383 e. The fourth-order valence-corrected chi connectivity index (χ4v) is 1.64. The molecular formula is C13H22N2. The predicted molar refractivity (Wildman–Crippen MR) is 67.4 cm³/mol. The Bertz CT molecular complexity index is 279. The lowest BCUT2D eigenvalue weighted by Gasteiger charge is -2.19. The van der Waals surface area contributed by atoms with E-state index in [1.807, 2.05) is 7.05 Å². The lowest BCUT2D eigenvalue weighted by atomic mass is 10.1. The van der Waals surface area contributed by atoms with Crippen LogP contribution in [0.4, 0.5) is 5.69 Å². The first-order valence-corrected chi connectivity index (χ1v) is 5.62. The first-order valence-electron chi connectivity index (χ1n) is 5.62. The Labute approximate surface area is 93.1 Å². The summed E-state index contributed by atoms with van der Waals surface area (Å²) in [6.45, 7) is 6.53. The molecule has 15 heavy (non-hydrogen) atoms. The Morgan fingerprint density at radius 2 is 1.67 bits per heavy atom. The standard InChI is InChI=1S/C13H22N2/c1-10-5-7-13(8-6-10)15-12(3)9-11(2)14-4/h5-8,11-12,14-15H,9H2,1-4H3. The van der Waals surface area contributed by atoms with E-state index in [0.29, 0.717) is 12.1 Å². The van der Waals surface area contributed by atoms with Gasteiger partial charge in [0.25, 0.3) is 0 Å². The highest BCUT2D eigenvalue weighted by Crippen LogP contribution is 2.11. The minimum atomic E-state index is 0.496. The zero-order chi connectivity index (χ0) is 11.3. The smallest absolute Gasteiger partial charge is 0.0342 e. The van der Waals surface area contributed by atoms with Crippen LogP contribution in [0.1, 0.15) is 25.8 Å². The molecular weight excluding hydrogens is 184 g/mol. The summed E-state index contributed by atoms with van der Waals surface area (Å²) in [6, 6.07) is 9.59. The van der Waals surface area contributed by atoms with Gasteiger partial charge in [0.2, 0.25) is 0 Å². The van der Waals surface area contributed by atoms with Gasteiger partial charge in [0, 0.05) is 17.8 Å². The summed E-state index contributed by atoms with van der Waals surface area (Å²) >= 11 is 0. The highest BCUT2D eigenvalue weighted by Gasteiger charge is 2.06. The number of nitrogens with one attached hydrogen (secondary N) is 2. The third kappa shape index (κ3) is 4.34. The van der Waals surface area contributed by atoms with E-state index in [1.165, 1.54) is 11.3 Å². The third-order valence-corrected chi connectivity index (χ3v) is 2.66. The Balaban J connectivity index is 2.44. The van der Waals surface area contributed by atoms with E-state index in [1.54, 1.807) is 0 Å². The Hall–Kier alpha value is -1.02. The molecule has 2 nitrogen and oxygen atoms in total. The van der Waals surface area contributed by atoms with Crippen LogP contribution in [0.2, 0.25) is 0 Å². The van der Waals surface area contributed by atoms with Crippen molar-refractivity contribution >= 4 is 5.69 Å². The van der Waals surface area contributed by atoms with Crippen LogP contribution in [0, 0.1) is 6.92 Å². The number of hydrogen-bond donors (Lipinski definition) is 2. The molecule has 2 atom stereocenters. The van der Waals surface area contributed by atoms with Crippen LogP contribution in [0.5, 0.6) is 0 Å². The molecule has 2 unspecified atom stereocenters. The molecule has 0 bridgehead atoms. The van der Waals surface area contributed by atoms with Crippen LogP contribution in [0.25, 0.3) is 0 Å². The van der Waals surface area contributed by atoms with Crippen LogP contribution >= 0.6 is 0 Å². The highest BCUT2D eigenvalue weighted by atomic mass is 14.9. The SMILES string of the molecule is CNC(C)CC(C)Nc1ccc(C)cc1. The molecule has 1 aromatic carbocycles. The van der Waals surface area contributed by atoms with E-state index in [9.17, 15) is 0 Å². The average molecular weight is 206 g/mol. The number of aryl methyl sites for hydroxylation is 1. The summed E-state index contributed by atoms with van der Waals surface area (Å²) in [7, 11) is 2.00. The first-order chi connectivity index (χ1) is 7.11. The fourth-order valence-electron chi connectivity index (χ4n) is 1.64. The maximum Gasteiger partial charge on any atom is 0.0342 e. The second-order valence-electron chi connectivity index (χ2n) is 4.34. The monoisotopic (exact) mass is 206 g/mol. The molecule has 0 amide bonds. The van der Waals surface area contributed by atoms with E-state index in [2.05, 4.69) is 55.7 Å². The maximum absolute atomic E-state index is 3.49. The van der Waals surface area contributed by atoms with Gasteiger partial charge in [-0.1, -0.05) is 17.7 Å². The van der Waals surface area contributed by atoms with Crippen LogP contribution in [-0.2, 0) is 0 Å². The molecule has 0 radical (unpaired) electrons. The minimum absolute atomic E-state index is 0.496. The van der Waals surface area contributed by atoms with Crippen molar-refractivity contribution in [3.8, 4) is 0 Å². The number of benzene rings is 1. The fraction of sp³-hybridized carbons (Fsp3) is 0.538. The zero-order valence-corrected chi connectivity index (χ0v) is 10.2. The molecule has 0 saturated heterocycles. The number of anilines is 1. The average Bonchev–Trinajstić information content (AvgIpc) is 2.21. The quantitative estimate of drug-likeness (QED) is 0.774. The van der Waals surface area contributed by atoms with Crippen molar-refractivity contribution in [2.24, 2.45) is 0 Å². The van der Waals surface area contributed by atoms with Crippen molar-refractivity contribution in [3.05, 3.63) is 29.8 Å². The molecule has 0 fully saturated rings. The Kier molecular flexibility index (Phi) is 4.63. The predicted octanol–water partition coefficient (Wildman–Crippen LogP) is 2.79. The molecule has 0 saturated carbocycles. The second kappa shape index (κ2) is 5.76. The van der Waals surface area contributed by atoms with E-state index in [4.69, 9.17) is 0 Å². The van der Waals surface area contributed by atoms with Crippen molar-refractivity contribution in [2.75, 3.05) is 12.4 Å². The molecule has 2 N–H and O–H groups in total. The van der Waals surface area contributed by atoms with Crippen molar-refractivity contribution in [2.45, 2.75) is 39.3 Å². The van der Waals surface area contributed by atoms with Gasteiger partial charge >= 0.3 is 0 Å². The third-order valence-electron chi connectivity index (χ3n) is 2.66. The van der Waals surface area contributed by atoms with Gasteiger partial charge in [-0.15, -0.1) is 0 Å². The van der Waals surface area contributed by atoms with Gasteiger partial charge in [-0.05, 0) is 46.4 Å². The van der Waals surface area contributed by atoms with Gasteiger partial charge < -0.3 is 10.6 Å². The highest BCUT2D eigenvalue weighted by molar-refractivity contribution is 5.45. The van der Waals surface area contributed by atoms with Crippen molar-refractivity contribution in [1.82, 2.24) is 5.32 Å². The van der Waals surface area contributed by atoms with Crippen LogP contribution in [0.3, 0.4) is 0 Å². The maximum atomic E-state index is 3.49. The molecule has 0 aromatic heterocycles. The minimum Gasteiger partial charge on any atom is -0.383 e. The molecule has 0 aliphatic heterocycles. The van der Waals surface area contributed by atoms with E-state index < -0.39 is 0 Å². The molecule has 0 spiro atoms. The summed E-state index contributed by atoms with van der Waals surface area (Å²) in [5.74, 6) is 0. The van der Waals surface area contributed by atoms with Gasteiger partial charge in [-0.3, -0.25) is 0 Å². The summed E-state index contributed by atoms with van der Waals surface area (Å²) < 4.78 is 0. The van der Waals surface area contributed by atoms with Crippen LogP contribution in [-0.4, -0.2) is 19.1 Å². The van der Waals surface area contributed by atoms with Gasteiger partial charge in [-0.2, -0.15) is 0 Å². The van der Waals surface area contributed by atoms with Gasteiger partial charge in [0.1, 0.15) is 0 Å². The number of rotatable bonds is 5. The molecule has 2 heteroatoms. The van der Waals surface area contributed by atoms with Gasteiger partial charge in [-0.25, -0.2) is 0 Å². The molecule has 1 rings (SSSR count). The normalized spacial score (nSPS) is 14.7. The lowest BCUT2D eigenvalue weighted by Crippen LogP contribution is -2.29. The van der Waals surface area contributed by atoms with Crippen molar-refractivity contribution in [1.29, 1.82) is 0 Å². The Morgan fingerprint density at radius 3 is 2.20 bits per heavy atom. The van der Waals surface area contributed by atoms with Crippen LogP contribution in [0.15, 0.2) is 24.3 Å². The molecule has 84 valence electrons. The summed E-state index contributed by atoms with van der Waals surface area (Å²) in [5.41, 5.74) is 2.51. The molecule has 0 aliphatic carbocycles. The molecule has 0 heterocycles. The van der Waals surface area contributed by atoms with Gasteiger partial charge in [0.15, 0.2) is 0 Å². The van der Waals surface area contributed by atoms with E-state index in [0.717, 1.165) is 6.42 Å². The number of hydrogen-bond acceptors (Lipinski definition) is 2. The van der Waals surface area contributed by atoms with Crippen molar-refractivity contribution in [3.63, 3.8) is 0 Å². The second-order valence-corrected chi connectivity index (χ2v) is 4.34. The first kappa shape index (κ1) is 12.1. The lowest BCUT2D eigenvalue weighted by molar-refractivity contribution is 0.529. The molecule has 0 aliphatic rings. The summed E-state index contributed by atoms with van der Waals surface area (Å²) in [5, 5.41) is 6.75. The summed E-state index contributed by atoms with van der Waals surface area (Å²) in [4.78, 5) is 0. The Morgan fingerprint density at radius 1 is 1.07 bits per heavy atom. The molecule has 1 aromatic rings. The van der Waals surface area contributed by atoms with Gasteiger partial charge in [0.05, 0.1) is 0 Å². The van der Waals surface area contributed by atoms with Crippen LogP contribution < -0.4 is 10.6 Å².